The van der Waals surface area contributed by atoms with Crippen LogP contribution in [0.4, 0.5) is 11.4 Å². The van der Waals surface area contributed by atoms with Crippen LogP contribution in [0.25, 0.3) is 0 Å². The van der Waals surface area contributed by atoms with Gasteiger partial charge in [-0.2, -0.15) is 0 Å². The molecule has 0 saturated heterocycles. The molecule has 0 fully saturated rings. The van der Waals surface area contributed by atoms with Crippen LogP contribution in [0.2, 0.25) is 5.02 Å². The minimum atomic E-state index is -3.32. The predicted molar refractivity (Wildman–Crippen MR) is 98.5 cm³/mol. The molecule has 0 aliphatic carbocycles. The van der Waals surface area contributed by atoms with Gasteiger partial charge in [-0.1, -0.05) is 17.7 Å². The van der Waals surface area contributed by atoms with Gasteiger partial charge in [-0.15, -0.1) is 0 Å². The van der Waals surface area contributed by atoms with Crippen LogP contribution in [-0.4, -0.2) is 27.0 Å². The van der Waals surface area contributed by atoms with Gasteiger partial charge < -0.3 is 5.32 Å². The zero-order valence-corrected chi connectivity index (χ0v) is 15.0. The first-order chi connectivity index (χ1) is 11.2. The molecule has 0 atom stereocenters. The lowest BCUT2D eigenvalue weighted by atomic mass is 10.1. The molecule has 0 heterocycles. The van der Waals surface area contributed by atoms with Gasteiger partial charge in [0.25, 0.3) is 0 Å². The fraction of sp³-hybridized carbons (Fsp3) is 0.235. The highest BCUT2D eigenvalue weighted by Gasteiger charge is 2.07. The Morgan fingerprint density at radius 3 is 2.29 bits per heavy atom. The van der Waals surface area contributed by atoms with Gasteiger partial charge in [0.05, 0.1) is 6.26 Å². The fourth-order valence-electron chi connectivity index (χ4n) is 2.11. The second-order valence-electron chi connectivity index (χ2n) is 5.52. The average molecular weight is 367 g/mol. The van der Waals surface area contributed by atoms with Crippen molar-refractivity contribution < 1.29 is 13.2 Å². The van der Waals surface area contributed by atoms with E-state index in [0.29, 0.717) is 29.2 Å². The van der Waals surface area contributed by atoms with E-state index in [-0.39, 0.29) is 5.78 Å². The number of anilines is 2. The molecule has 0 aliphatic rings. The molecule has 0 spiro atoms. The Morgan fingerprint density at radius 2 is 1.71 bits per heavy atom. The van der Waals surface area contributed by atoms with Gasteiger partial charge >= 0.3 is 0 Å². The number of carbonyl (C=O) groups excluding carboxylic acids is 1. The highest BCUT2D eigenvalue weighted by molar-refractivity contribution is 7.92. The molecule has 2 aromatic carbocycles. The maximum Gasteiger partial charge on any atom is 0.229 e. The minimum absolute atomic E-state index is 0.0217. The first kappa shape index (κ1) is 18.3. The number of hydrogen-bond acceptors (Lipinski definition) is 4. The summed E-state index contributed by atoms with van der Waals surface area (Å²) in [4.78, 5) is 12.1. The molecule has 2 rings (SSSR count). The van der Waals surface area contributed by atoms with Gasteiger partial charge in [0.15, 0.2) is 5.78 Å². The van der Waals surface area contributed by atoms with Crippen molar-refractivity contribution in [1.29, 1.82) is 0 Å². The van der Waals surface area contributed by atoms with Crippen molar-refractivity contribution in [3.8, 4) is 0 Å². The van der Waals surface area contributed by atoms with Crippen LogP contribution < -0.4 is 10.0 Å². The molecule has 2 aromatic rings. The number of ketones is 1. The Bertz CT molecular complexity index is 833. The number of Topliss-reactive ketones (excluding diaryl/α,β-unsaturated/α-hetero) is 1. The second-order valence-corrected chi connectivity index (χ2v) is 7.67. The van der Waals surface area contributed by atoms with Crippen molar-refractivity contribution in [3.63, 3.8) is 0 Å². The third-order valence-electron chi connectivity index (χ3n) is 3.36. The SMILES string of the molecule is Cc1ccc(NCCC(=O)c2ccc(NS(C)(=O)=O)cc2)cc1Cl. The molecule has 5 nitrogen and oxygen atoms in total. The summed E-state index contributed by atoms with van der Waals surface area (Å²) in [7, 11) is -3.32. The zero-order chi connectivity index (χ0) is 17.7. The molecule has 2 N–H and O–H groups in total. The van der Waals surface area contributed by atoms with E-state index in [1.165, 1.54) is 0 Å². The highest BCUT2D eigenvalue weighted by Crippen LogP contribution is 2.20. The van der Waals surface area contributed by atoms with E-state index in [0.717, 1.165) is 17.5 Å². The van der Waals surface area contributed by atoms with Crippen LogP contribution >= 0.6 is 11.6 Å². The lowest BCUT2D eigenvalue weighted by Crippen LogP contribution is -2.11. The normalized spacial score (nSPS) is 11.1. The van der Waals surface area contributed by atoms with E-state index in [9.17, 15) is 13.2 Å². The lowest BCUT2D eigenvalue weighted by molar-refractivity contribution is 0.0986. The average Bonchev–Trinajstić information content (AvgIpc) is 2.50. The largest absolute Gasteiger partial charge is 0.385 e. The van der Waals surface area contributed by atoms with Gasteiger partial charge in [0.2, 0.25) is 10.0 Å². The molecule has 0 aromatic heterocycles. The maximum atomic E-state index is 12.1. The first-order valence-electron chi connectivity index (χ1n) is 7.36. The first-order valence-corrected chi connectivity index (χ1v) is 9.62. The van der Waals surface area contributed by atoms with Crippen LogP contribution in [0.5, 0.6) is 0 Å². The number of hydrogen-bond donors (Lipinski definition) is 2. The molecule has 24 heavy (non-hydrogen) atoms. The van der Waals surface area contributed by atoms with Crippen LogP contribution in [0, 0.1) is 6.92 Å². The molecule has 0 saturated carbocycles. The van der Waals surface area contributed by atoms with E-state index < -0.39 is 10.0 Å². The molecule has 0 unspecified atom stereocenters. The maximum absolute atomic E-state index is 12.1. The van der Waals surface area contributed by atoms with Crippen LogP contribution in [-0.2, 0) is 10.0 Å². The molecule has 7 heteroatoms. The Hall–Kier alpha value is -2.05. The number of benzene rings is 2. The summed E-state index contributed by atoms with van der Waals surface area (Å²) in [5.41, 5.74) is 2.84. The van der Waals surface area contributed by atoms with E-state index in [2.05, 4.69) is 10.0 Å². The van der Waals surface area contributed by atoms with Gasteiger partial charge in [-0.05, 0) is 48.9 Å². The van der Waals surface area contributed by atoms with E-state index in [1.54, 1.807) is 24.3 Å². The minimum Gasteiger partial charge on any atom is -0.385 e. The number of aryl methyl sites for hydroxylation is 1. The third-order valence-corrected chi connectivity index (χ3v) is 4.38. The lowest BCUT2D eigenvalue weighted by Gasteiger charge is -2.08. The third kappa shape index (κ3) is 5.54. The van der Waals surface area contributed by atoms with Crippen LogP contribution in [0.1, 0.15) is 22.3 Å². The van der Waals surface area contributed by atoms with Crippen molar-refractivity contribution in [3.05, 3.63) is 58.6 Å². The van der Waals surface area contributed by atoms with Crippen molar-refractivity contribution >= 4 is 38.8 Å². The van der Waals surface area contributed by atoms with Gasteiger partial charge in [-0.25, -0.2) is 8.42 Å². The predicted octanol–water partition coefficient (Wildman–Crippen LogP) is 3.70. The summed E-state index contributed by atoms with van der Waals surface area (Å²) in [5, 5.41) is 3.84. The summed E-state index contributed by atoms with van der Waals surface area (Å²) in [5.74, 6) is -0.0217. The summed E-state index contributed by atoms with van der Waals surface area (Å²) in [6.07, 6.45) is 1.40. The summed E-state index contributed by atoms with van der Waals surface area (Å²) < 4.78 is 24.6. The number of halogens is 1. The molecule has 128 valence electrons. The topological polar surface area (TPSA) is 75.3 Å². The number of rotatable bonds is 7. The molecule has 0 amide bonds. The quantitative estimate of drug-likeness (QED) is 0.732. The number of nitrogens with one attached hydrogen (secondary N) is 2. The summed E-state index contributed by atoms with van der Waals surface area (Å²) in [6.45, 7) is 2.42. The molecule has 0 bridgehead atoms. The number of sulfonamides is 1. The van der Waals surface area contributed by atoms with Gasteiger partial charge in [0.1, 0.15) is 0 Å². The molecular weight excluding hydrogens is 348 g/mol. The van der Waals surface area contributed by atoms with Gasteiger partial charge in [-0.3, -0.25) is 9.52 Å². The van der Waals surface area contributed by atoms with Crippen LogP contribution in [0.15, 0.2) is 42.5 Å². The summed E-state index contributed by atoms with van der Waals surface area (Å²) in [6, 6.07) is 12.0. The Morgan fingerprint density at radius 1 is 1.08 bits per heavy atom. The smallest absolute Gasteiger partial charge is 0.229 e. The van der Waals surface area contributed by atoms with E-state index in [4.69, 9.17) is 11.6 Å². The molecule has 0 radical (unpaired) electrons. The van der Waals surface area contributed by atoms with Gasteiger partial charge in [0, 0.05) is 34.9 Å². The van der Waals surface area contributed by atoms with Crippen molar-refractivity contribution in [1.82, 2.24) is 0 Å². The highest BCUT2D eigenvalue weighted by atomic mass is 35.5. The molecular formula is C17H19ClN2O3S. The van der Waals surface area contributed by atoms with E-state index in [1.807, 2.05) is 25.1 Å². The van der Waals surface area contributed by atoms with E-state index >= 15 is 0 Å². The fourth-order valence-corrected chi connectivity index (χ4v) is 2.85. The second kappa shape index (κ2) is 7.68. The van der Waals surface area contributed by atoms with Crippen LogP contribution in [0.3, 0.4) is 0 Å². The van der Waals surface area contributed by atoms with Crippen molar-refractivity contribution in [2.75, 3.05) is 22.8 Å². The zero-order valence-electron chi connectivity index (χ0n) is 13.5. The van der Waals surface area contributed by atoms with Crippen molar-refractivity contribution in [2.24, 2.45) is 0 Å². The van der Waals surface area contributed by atoms with Crippen molar-refractivity contribution in [2.45, 2.75) is 13.3 Å². The Labute approximate surface area is 147 Å². The Kier molecular flexibility index (Phi) is 5.85. The number of carbonyl (C=O) groups is 1. The monoisotopic (exact) mass is 366 g/mol. The Balaban J connectivity index is 1.89. The molecule has 0 aliphatic heterocycles. The standard InChI is InChI=1S/C17H19ClN2O3S/c1-12-3-6-15(11-16(12)18)19-10-9-17(21)13-4-7-14(8-5-13)20-24(2,22)23/h3-8,11,19-20H,9-10H2,1-2H3. The summed E-state index contributed by atoms with van der Waals surface area (Å²) >= 11 is 6.06.